The first-order chi connectivity index (χ1) is 16.4. The Kier molecular flexibility index (Phi) is 5.49. The number of furan rings is 1. The van der Waals surface area contributed by atoms with Gasteiger partial charge in [0.15, 0.2) is 0 Å². The number of aryl methyl sites for hydroxylation is 1. The Morgan fingerprint density at radius 2 is 1.91 bits per heavy atom. The maximum Gasteiger partial charge on any atom is 0.307 e. The molecule has 34 heavy (non-hydrogen) atoms. The minimum Gasteiger partial charge on any atom is -0.481 e. The first-order valence-corrected chi connectivity index (χ1v) is 11.1. The number of halogens is 1. The number of carbonyl (C=O) groups is 1. The van der Waals surface area contributed by atoms with Gasteiger partial charge in [-0.1, -0.05) is 30.3 Å². The van der Waals surface area contributed by atoms with E-state index < -0.39 is 5.97 Å². The Hall–Kier alpha value is -3.84. The summed E-state index contributed by atoms with van der Waals surface area (Å²) in [4.78, 5) is 13.4. The summed E-state index contributed by atoms with van der Waals surface area (Å²) in [5.74, 6) is -0.00701. The number of rotatable bonds is 5. The van der Waals surface area contributed by atoms with Gasteiger partial charge in [0.2, 0.25) is 0 Å². The number of hydrogen-bond acceptors (Lipinski definition) is 5. The van der Waals surface area contributed by atoms with Crippen molar-refractivity contribution in [3.05, 3.63) is 82.9 Å². The van der Waals surface area contributed by atoms with Gasteiger partial charge in [0, 0.05) is 41.2 Å². The van der Waals surface area contributed by atoms with Gasteiger partial charge < -0.3 is 24.9 Å². The van der Waals surface area contributed by atoms with Gasteiger partial charge >= 0.3 is 5.97 Å². The molecule has 2 heterocycles. The van der Waals surface area contributed by atoms with Crippen LogP contribution in [0.1, 0.15) is 28.6 Å². The third-order valence-corrected chi connectivity index (χ3v) is 6.25. The van der Waals surface area contributed by atoms with E-state index in [-0.39, 0.29) is 24.9 Å². The molecule has 0 unspecified atom stereocenters. The molecule has 0 spiro atoms. The maximum atomic E-state index is 15.3. The van der Waals surface area contributed by atoms with Crippen molar-refractivity contribution in [2.45, 2.75) is 26.0 Å². The normalized spacial score (nSPS) is 15.3. The Morgan fingerprint density at radius 3 is 2.68 bits per heavy atom. The van der Waals surface area contributed by atoms with Crippen molar-refractivity contribution in [2.75, 3.05) is 18.5 Å². The molecule has 0 aliphatic carbocycles. The number of ether oxygens (including phenoxy) is 1. The number of likely N-dealkylation sites (N-methyl/N-ethyl adjacent to an activating group) is 1. The van der Waals surface area contributed by atoms with Crippen molar-refractivity contribution >= 4 is 22.6 Å². The quantitative estimate of drug-likeness (QED) is 0.425. The Balaban J connectivity index is 1.64. The van der Waals surface area contributed by atoms with E-state index in [1.165, 1.54) is 0 Å². The van der Waals surface area contributed by atoms with Gasteiger partial charge in [-0.25, -0.2) is 4.39 Å². The average molecular weight is 461 g/mol. The van der Waals surface area contributed by atoms with Crippen LogP contribution in [0.25, 0.3) is 22.1 Å². The third-order valence-electron chi connectivity index (χ3n) is 6.25. The zero-order valence-corrected chi connectivity index (χ0v) is 19.0. The standard InChI is InChI=1S/C27H25FN2O4/c1-15-9-19-10-18(11-21(26(19)33-15)20-7-3-6-17(13-29)25(20)28)23-14-30(2)22-8-4-5-16(12-24(31)32)27(22)34-23/h3-11,23H,12-14,29H2,1-2H3,(H,31,32)/t23-/m0/s1. The summed E-state index contributed by atoms with van der Waals surface area (Å²) in [6.45, 7) is 2.51. The Morgan fingerprint density at radius 1 is 1.15 bits per heavy atom. The molecule has 3 aromatic carbocycles. The minimum atomic E-state index is -0.922. The summed E-state index contributed by atoms with van der Waals surface area (Å²) in [6.07, 6.45) is -0.516. The van der Waals surface area contributed by atoms with Crippen molar-refractivity contribution in [1.82, 2.24) is 0 Å². The topological polar surface area (TPSA) is 88.9 Å². The highest BCUT2D eigenvalue weighted by Gasteiger charge is 2.29. The second-order valence-electron chi connectivity index (χ2n) is 8.65. The van der Waals surface area contributed by atoms with E-state index in [0.29, 0.717) is 40.1 Å². The van der Waals surface area contributed by atoms with Gasteiger partial charge in [-0.05, 0) is 36.8 Å². The third kappa shape index (κ3) is 3.78. The Bertz CT molecular complexity index is 1410. The maximum absolute atomic E-state index is 15.3. The van der Waals surface area contributed by atoms with Crippen LogP contribution in [0.15, 0.2) is 59.0 Å². The van der Waals surface area contributed by atoms with Gasteiger partial charge in [0.1, 0.15) is 29.0 Å². The Labute approximate surface area is 196 Å². The molecule has 0 radical (unpaired) electrons. The fraction of sp³-hybridized carbons (Fsp3) is 0.222. The number of nitrogens with two attached hydrogens (primary N) is 1. The lowest BCUT2D eigenvalue weighted by Gasteiger charge is -2.35. The fourth-order valence-electron chi connectivity index (χ4n) is 4.65. The van der Waals surface area contributed by atoms with Crippen LogP contribution in [0.2, 0.25) is 0 Å². The van der Waals surface area contributed by atoms with E-state index in [9.17, 15) is 9.90 Å². The molecule has 1 aliphatic rings. The van der Waals surface area contributed by atoms with Gasteiger partial charge in [-0.15, -0.1) is 0 Å². The SMILES string of the molecule is Cc1cc2cc([C@@H]3CN(C)c4cccc(CC(=O)O)c4O3)cc(-c3cccc(CN)c3F)c2o1. The molecule has 0 saturated heterocycles. The summed E-state index contributed by atoms with van der Waals surface area (Å²) in [6, 6.07) is 16.5. The molecule has 0 amide bonds. The highest BCUT2D eigenvalue weighted by molar-refractivity contribution is 5.94. The largest absolute Gasteiger partial charge is 0.481 e. The summed E-state index contributed by atoms with van der Waals surface area (Å²) < 4.78 is 27.6. The summed E-state index contributed by atoms with van der Waals surface area (Å²) in [5.41, 5.74) is 10.1. The minimum absolute atomic E-state index is 0.0966. The molecular weight excluding hydrogens is 435 g/mol. The molecule has 7 heteroatoms. The smallest absolute Gasteiger partial charge is 0.307 e. The lowest BCUT2D eigenvalue weighted by molar-refractivity contribution is -0.136. The van der Waals surface area contributed by atoms with Crippen LogP contribution in [0.3, 0.4) is 0 Å². The molecule has 5 rings (SSSR count). The van der Waals surface area contributed by atoms with Crippen LogP contribution in [-0.4, -0.2) is 24.7 Å². The molecule has 4 aromatic rings. The van der Waals surface area contributed by atoms with Crippen LogP contribution in [0, 0.1) is 12.7 Å². The zero-order chi connectivity index (χ0) is 24.0. The number of nitrogens with zero attached hydrogens (tertiary/aromatic N) is 1. The molecule has 1 atom stereocenters. The van der Waals surface area contributed by atoms with Crippen molar-refractivity contribution in [3.8, 4) is 16.9 Å². The highest BCUT2D eigenvalue weighted by Crippen LogP contribution is 2.42. The van der Waals surface area contributed by atoms with E-state index in [1.807, 2.05) is 44.3 Å². The molecule has 6 nitrogen and oxygen atoms in total. The molecule has 0 fully saturated rings. The van der Waals surface area contributed by atoms with Crippen LogP contribution in [0.5, 0.6) is 5.75 Å². The number of carboxylic acids is 1. The summed E-state index contributed by atoms with van der Waals surface area (Å²) in [7, 11) is 1.95. The number of carboxylic acid groups (broad SMARTS) is 1. The predicted octanol–water partition coefficient (Wildman–Crippen LogP) is 5.20. The monoisotopic (exact) mass is 460 g/mol. The van der Waals surface area contributed by atoms with Crippen LogP contribution in [-0.2, 0) is 17.8 Å². The van der Waals surface area contributed by atoms with E-state index in [0.717, 1.165) is 22.4 Å². The van der Waals surface area contributed by atoms with E-state index in [1.54, 1.807) is 24.3 Å². The van der Waals surface area contributed by atoms with Crippen molar-refractivity contribution < 1.29 is 23.4 Å². The van der Waals surface area contributed by atoms with Crippen LogP contribution < -0.4 is 15.4 Å². The van der Waals surface area contributed by atoms with Crippen molar-refractivity contribution in [1.29, 1.82) is 0 Å². The number of para-hydroxylation sites is 1. The predicted molar refractivity (Wildman–Crippen MR) is 129 cm³/mol. The first kappa shape index (κ1) is 22.0. The molecule has 174 valence electrons. The van der Waals surface area contributed by atoms with Gasteiger partial charge in [-0.2, -0.15) is 0 Å². The van der Waals surface area contributed by atoms with E-state index in [2.05, 4.69) is 4.90 Å². The molecular formula is C27H25FN2O4. The molecule has 1 aromatic heterocycles. The second-order valence-corrected chi connectivity index (χ2v) is 8.65. The van der Waals surface area contributed by atoms with Crippen molar-refractivity contribution in [2.24, 2.45) is 5.73 Å². The summed E-state index contributed by atoms with van der Waals surface area (Å²) in [5, 5.41) is 10.2. The molecule has 3 N–H and O–H groups in total. The number of benzene rings is 3. The first-order valence-electron chi connectivity index (χ1n) is 11.1. The van der Waals surface area contributed by atoms with Crippen LogP contribution in [0.4, 0.5) is 10.1 Å². The van der Waals surface area contributed by atoms with Gasteiger partial charge in [0.05, 0.1) is 18.7 Å². The highest BCUT2D eigenvalue weighted by atomic mass is 19.1. The molecule has 0 bridgehead atoms. The van der Waals surface area contributed by atoms with Gasteiger partial charge in [0.25, 0.3) is 0 Å². The van der Waals surface area contributed by atoms with Gasteiger partial charge in [-0.3, -0.25) is 4.79 Å². The molecule has 1 aliphatic heterocycles. The second kappa shape index (κ2) is 8.50. The zero-order valence-electron chi connectivity index (χ0n) is 19.0. The average Bonchev–Trinajstić information content (AvgIpc) is 3.19. The van der Waals surface area contributed by atoms with Crippen LogP contribution >= 0.6 is 0 Å². The number of fused-ring (bicyclic) bond motifs is 2. The fourth-order valence-corrected chi connectivity index (χ4v) is 4.65. The lowest BCUT2D eigenvalue weighted by atomic mass is 9.95. The number of hydrogen-bond donors (Lipinski definition) is 2. The van der Waals surface area contributed by atoms with Crippen molar-refractivity contribution in [3.63, 3.8) is 0 Å². The van der Waals surface area contributed by atoms with E-state index in [4.69, 9.17) is 14.9 Å². The summed E-state index contributed by atoms with van der Waals surface area (Å²) >= 11 is 0. The lowest BCUT2D eigenvalue weighted by Crippen LogP contribution is -2.32. The number of aliphatic carboxylic acids is 1. The van der Waals surface area contributed by atoms with E-state index >= 15 is 4.39 Å². The number of anilines is 1. The molecule has 0 saturated carbocycles.